The lowest BCUT2D eigenvalue weighted by Crippen LogP contribution is -2.14. The molecule has 0 spiro atoms. The largest absolute Gasteiger partial charge is 0.320 e. The standard InChI is InChI=1S/C19H20N4OS/c1-4-14-9-6-10-16(20-14)22-19-21-15(11-25-19)18(24)23-17-12(2)7-5-8-13(17)3/h5-11H,4H2,1-3H3,(H,23,24)(H,20,21,22). The van der Waals surface area contributed by atoms with Crippen LogP contribution in [0.4, 0.5) is 16.6 Å². The Hall–Kier alpha value is -2.73. The van der Waals surface area contributed by atoms with Crippen molar-refractivity contribution in [2.45, 2.75) is 27.2 Å². The summed E-state index contributed by atoms with van der Waals surface area (Å²) in [5.41, 5.74) is 4.30. The quantitative estimate of drug-likeness (QED) is 0.698. The van der Waals surface area contributed by atoms with Crippen LogP contribution in [0.25, 0.3) is 0 Å². The van der Waals surface area contributed by atoms with Gasteiger partial charge in [0.05, 0.1) is 0 Å². The van der Waals surface area contributed by atoms with E-state index in [2.05, 4.69) is 27.5 Å². The third-order valence-corrected chi connectivity index (χ3v) is 4.62. The molecule has 25 heavy (non-hydrogen) atoms. The molecule has 0 saturated carbocycles. The molecule has 0 bridgehead atoms. The molecule has 5 nitrogen and oxygen atoms in total. The summed E-state index contributed by atoms with van der Waals surface area (Å²) in [6.07, 6.45) is 0.872. The predicted octanol–water partition coefficient (Wildman–Crippen LogP) is 4.71. The molecule has 0 radical (unpaired) electrons. The minimum atomic E-state index is -0.211. The molecule has 2 N–H and O–H groups in total. The molecule has 0 atom stereocenters. The van der Waals surface area contributed by atoms with Crippen molar-refractivity contribution in [3.8, 4) is 0 Å². The number of anilines is 3. The van der Waals surface area contributed by atoms with Crippen LogP contribution >= 0.6 is 11.3 Å². The number of hydrogen-bond donors (Lipinski definition) is 2. The highest BCUT2D eigenvalue weighted by Gasteiger charge is 2.13. The van der Waals surface area contributed by atoms with E-state index in [1.165, 1.54) is 11.3 Å². The third kappa shape index (κ3) is 4.03. The summed E-state index contributed by atoms with van der Waals surface area (Å²) in [5.74, 6) is 0.521. The first kappa shape index (κ1) is 17.1. The summed E-state index contributed by atoms with van der Waals surface area (Å²) in [6, 6.07) is 11.7. The maximum Gasteiger partial charge on any atom is 0.275 e. The van der Waals surface area contributed by atoms with Crippen molar-refractivity contribution in [3.05, 3.63) is 64.3 Å². The second-order valence-electron chi connectivity index (χ2n) is 5.75. The van der Waals surface area contributed by atoms with Crippen LogP contribution in [0.1, 0.15) is 34.2 Å². The van der Waals surface area contributed by atoms with Gasteiger partial charge in [0, 0.05) is 16.8 Å². The Morgan fingerprint density at radius 1 is 1.08 bits per heavy atom. The van der Waals surface area contributed by atoms with E-state index in [-0.39, 0.29) is 5.91 Å². The second kappa shape index (κ2) is 7.44. The van der Waals surface area contributed by atoms with Crippen LogP contribution in [0.15, 0.2) is 41.8 Å². The Bertz CT molecular complexity index is 884. The van der Waals surface area contributed by atoms with Crippen molar-refractivity contribution in [1.29, 1.82) is 0 Å². The molecular formula is C19H20N4OS. The number of amides is 1. The van der Waals surface area contributed by atoms with Gasteiger partial charge in [0.25, 0.3) is 5.91 Å². The van der Waals surface area contributed by atoms with Crippen molar-refractivity contribution < 1.29 is 4.79 Å². The van der Waals surface area contributed by atoms with Gasteiger partial charge in [-0.3, -0.25) is 4.79 Å². The minimum Gasteiger partial charge on any atom is -0.320 e. The fourth-order valence-corrected chi connectivity index (χ4v) is 3.18. The van der Waals surface area contributed by atoms with Gasteiger partial charge in [0.1, 0.15) is 11.5 Å². The fourth-order valence-electron chi connectivity index (χ4n) is 2.48. The van der Waals surface area contributed by atoms with Crippen LogP contribution < -0.4 is 10.6 Å². The number of thiazole rings is 1. The molecular weight excluding hydrogens is 332 g/mol. The van der Waals surface area contributed by atoms with Crippen LogP contribution in [-0.2, 0) is 6.42 Å². The van der Waals surface area contributed by atoms with E-state index in [1.807, 2.05) is 50.2 Å². The third-order valence-electron chi connectivity index (χ3n) is 3.86. The molecule has 1 amide bonds. The Morgan fingerprint density at radius 2 is 1.80 bits per heavy atom. The molecule has 1 aromatic carbocycles. The van der Waals surface area contributed by atoms with Gasteiger partial charge >= 0.3 is 0 Å². The normalized spacial score (nSPS) is 10.5. The molecule has 2 aromatic heterocycles. The summed E-state index contributed by atoms with van der Waals surface area (Å²) in [5, 5.41) is 8.50. The predicted molar refractivity (Wildman–Crippen MR) is 103 cm³/mol. The molecule has 3 aromatic rings. The van der Waals surface area contributed by atoms with E-state index in [1.54, 1.807) is 5.38 Å². The average Bonchev–Trinajstić information content (AvgIpc) is 3.07. The highest BCUT2D eigenvalue weighted by molar-refractivity contribution is 7.14. The molecule has 2 heterocycles. The summed E-state index contributed by atoms with van der Waals surface area (Å²) >= 11 is 1.38. The van der Waals surface area contributed by atoms with Crippen LogP contribution in [-0.4, -0.2) is 15.9 Å². The van der Waals surface area contributed by atoms with E-state index in [4.69, 9.17) is 0 Å². The summed E-state index contributed by atoms with van der Waals surface area (Å²) in [6.45, 7) is 6.01. The monoisotopic (exact) mass is 352 g/mol. The number of rotatable bonds is 5. The topological polar surface area (TPSA) is 66.9 Å². The lowest BCUT2D eigenvalue weighted by atomic mass is 10.1. The zero-order valence-corrected chi connectivity index (χ0v) is 15.3. The Labute approximate surface area is 151 Å². The highest BCUT2D eigenvalue weighted by atomic mass is 32.1. The van der Waals surface area contributed by atoms with Gasteiger partial charge in [0.2, 0.25) is 0 Å². The van der Waals surface area contributed by atoms with Gasteiger partial charge in [-0.15, -0.1) is 11.3 Å². The summed E-state index contributed by atoms with van der Waals surface area (Å²) < 4.78 is 0. The minimum absolute atomic E-state index is 0.211. The van der Waals surface area contributed by atoms with E-state index < -0.39 is 0 Å². The summed E-state index contributed by atoms with van der Waals surface area (Å²) in [4.78, 5) is 21.3. The molecule has 128 valence electrons. The number of benzene rings is 1. The Morgan fingerprint density at radius 3 is 2.52 bits per heavy atom. The van der Waals surface area contributed by atoms with Crippen molar-refractivity contribution in [3.63, 3.8) is 0 Å². The Balaban J connectivity index is 1.73. The van der Waals surface area contributed by atoms with Crippen LogP contribution in [0.3, 0.4) is 0 Å². The maximum atomic E-state index is 12.5. The van der Waals surface area contributed by atoms with Crippen molar-refractivity contribution >= 4 is 33.9 Å². The van der Waals surface area contributed by atoms with Gasteiger partial charge in [-0.05, 0) is 43.5 Å². The van der Waals surface area contributed by atoms with Gasteiger partial charge in [-0.1, -0.05) is 31.2 Å². The van der Waals surface area contributed by atoms with E-state index in [0.717, 1.165) is 34.7 Å². The molecule has 0 aliphatic rings. The molecule has 0 saturated heterocycles. The molecule has 0 unspecified atom stereocenters. The van der Waals surface area contributed by atoms with E-state index >= 15 is 0 Å². The zero-order valence-electron chi connectivity index (χ0n) is 14.5. The van der Waals surface area contributed by atoms with E-state index in [0.29, 0.717) is 10.8 Å². The van der Waals surface area contributed by atoms with Crippen molar-refractivity contribution in [2.24, 2.45) is 0 Å². The number of pyridine rings is 1. The number of nitrogens with zero attached hydrogens (tertiary/aromatic N) is 2. The maximum absolute atomic E-state index is 12.5. The second-order valence-corrected chi connectivity index (χ2v) is 6.61. The molecule has 3 rings (SSSR count). The van der Waals surface area contributed by atoms with Gasteiger partial charge in [0.15, 0.2) is 5.13 Å². The zero-order chi connectivity index (χ0) is 17.8. The smallest absolute Gasteiger partial charge is 0.275 e. The van der Waals surface area contributed by atoms with Crippen LogP contribution in [0, 0.1) is 13.8 Å². The lowest BCUT2D eigenvalue weighted by molar-refractivity contribution is 0.102. The number of nitrogens with one attached hydrogen (secondary N) is 2. The first-order valence-electron chi connectivity index (χ1n) is 8.13. The van der Waals surface area contributed by atoms with Gasteiger partial charge in [-0.25, -0.2) is 9.97 Å². The van der Waals surface area contributed by atoms with Gasteiger partial charge in [-0.2, -0.15) is 0 Å². The first-order valence-corrected chi connectivity index (χ1v) is 9.01. The van der Waals surface area contributed by atoms with E-state index in [9.17, 15) is 4.79 Å². The molecule has 0 fully saturated rings. The SMILES string of the molecule is CCc1cccc(Nc2nc(C(=O)Nc3c(C)cccc3C)cs2)n1. The number of carbonyl (C=O) groups is 1. The number of para-hydroxylation sites is 1. The lowest BCUT2D eigenvalue weighted by Gasteiger charge is -2.10. The number of carbonyl (C=O) groups excluding carboxylic acids is 1. The van der Waals surface area contributed by atoms with Crippen LogP contribution in [0.2, 0.25) is 0 Å². The van der Waals surface area contributed by atoms with Crippen molar-refractivity contribution in [2.75, 3.05) is 10.6 Å². The number of hydrogen-bond acceptors (Lipinski definition) is 5. The summed E-state index contributed by atoms with van der Waals surface area (Å²) in [7, 11) is 0. The van der Waals surface area contributed by atoms with Crippen LogP contribution in [0.5, 0.6) is 0 Å². The average molecular weight is 352 g/mol. The van der Waals surface area contributed by atoms with Crippen molar-refractivity contribution in [1.82, 2.24) is 9.97 Å². The number of aromatic nitrogens is 2. The Kier molecular flexibility index (Phi) is 5.09. The fraction of sp³-hybridized carbons (Fsp3) is 0.211. The highest BCUT2D eigenvalue weighted by Crippen LogP contribution is 2.23. The van der Waals surface area contributed by atoms with Gasteiger partial charge < -0.3 is 10.6 Å². The molecule has 0 aliphatic carbocycles. The number of aryl methyl sites for hydroxylation is 3. The first-order chi connectivity index (χ1) is 12.1. The molecule has 6 heteroatoms. The molecule has 0 aliphatic heterocycles.